The van der Waals surface area contributed by atoms with Crippen LogP contribution < -0.4 is 9.47 Å². The first kappa shape index (κ1) is 14.3. The molecule has 1 N–H and O–H groups in total. The summed E-state index contributed by atoms with van der Waals surface area (Å²) in [5.41, 5.74) is 0.664. The van der Waals surface area contributed by atoms with Gasteiger partial charge in [-0.2, -0.15) is 0 Å². The molecule has 21 heavy (non-hydrogen) atoms. The van der Waals surface area contributed by atoms with Crippen molar-refractivity contribution in [3.8, 4) is 11.5 Å². The van der Waals surface area contributed by atoms with Crippen LogP contribution in [0.25, 0.3) is 0 Å². The molecule has 0 radical (unpaired) electrons. The van der Waals surface area contributed by atoms with Gasteiger partial charge >= 0.3 is 0 Å². The minimum Gasteiger partial charge on any atom is -0.454 e. The van der Waals surface area contributed by atoms with Crippen molar-refractivity contribution in [3.63, 3.8) is 0 Å². The normalized spacial score (nSPS) is 18.9. The first-order valence-electron chi connectivity index (χ1n) is 7.24. The number of piperazine rings is 1. The number of ketones is 1. The molecule has 3 rings (SSSR count). The summed E-state index contributed by atoms with van der Waals surface area (Å²) in [6.07, 6.45) is 0. The van der Waals surface area contributed by atoms with Crippen LogP contribution in [0.2, 0.25) is 0 Å². The Morgan fingerprint density at radius 3 is 2.57 bits per heavy atom. The molecule has 0 bridgehead atoms. The lowest BCUT2D eigenvalue weighted by atomic mass is 10.1. The van der Waals surface area contributed by atoms with Crippen molar-refractivity contribution >= 4 is 5.78 Å². The van der Waals surface area contributed by atoms with E-state index >= 15 is 0 Å². The second-order valence-corrected chi connectivity index (χ2v) is 5.33. The van der Waals surface area contributed by atoms with Crippen LogP contribution in [0, 0.1) is 0 Å². The number of hydrogen-bond acceptors (Lipinski definition) is 6. The summed E-state index contributed by atoms with van der Waals surface area (Å²) in [6, 6.07) is 5.33. The third-order valence-corrected chi connectivity index (χ3v) is 3.94. The van der Waals surface area contributed by atoms with Gasteiger partial charge in [-0.3, -0.25) is 14.6 Å². The van der Waals surface area contributed by atoms with Gasteiger partial charge in [0.05, 0.1) is 13.2 Å². The number of rotatable bonds is 5. The number of benzene rings is 1. The summed E-state index contributed by atoms with van der Waals surface area (Å²) in [7, 11) is 0. The molecular weight excluding hydrogens is 272 g/mol. The number of nitrogens with zero attached hydrogens (tertiary/aromatic N) is 2. The van der Waals surface area contributed by atoms with E-state index in [4.69, 9.17) is 14.6 Å². The average Bonchev–Trinajstić information content (AvgIpc) is 2.97. The van der Waals surface area contributed by atoms with Crippen LogP contribution in [0.15, 0.2) is 18.2 Å². The molecule has 2 aliphatic rings. The van der Waals surface area contributed by atoms with Crippen LogP contribution in [-0.2, 0) is 0 Å². The highest BCUT2D eigenvalue weighted by Gasteiger charge is 2.21. The van der Waals surface area contributed by atoms with Crippen LogP contribution in [0.3, 0.4) is 0 Å². The number of aliphatic hydroxyl groups excluding tert-OH is 1. The maximum atomic E-state index is 12.3. The predicted octanol–water partition coefficient (Wildman–Crippen LogP) is 0.208. The van der Waals surface area contributed by atoms with Crippen LogP contribution in [0.5, 0.6) is 11.5 Å². The lowest BCUT2D eigenvalue weighted by Gasteiger charge is -2.33. The van der Waals surface area contributed by atoms with E-state index in [1.165, 1.54) is 0 Å². The maximum absolute atomic E-state index is 12.3. The first-order valence-corrected chi connectivity index (χ1v) is 7.24. The second kappa shape index (κ2) is 6.43. The van der Waals surface area contributed by atoms with E-state index in [1.807, 2.05) is 0 Å². The summed E-state index contributed by atoms with van der Waals surface area (Å²) in [5, 5.41) is 8.92. The fourth-order valence-electron chi connectivity index (χ4n) is 2.68. The van der Waals surface area contributed by atoms with Crippen molar-refractivity contribution < 1.29 is 19.4 Å². The summed E-state index contributed by atoms with van der Waals surface area (Å²) in [4.78, 5) is 16.7. The van der Waals surface area contributed by atoms with Crippen LogP contribution in [0.4, 0.5) is 0 Å². The number of carbonyl (C=O) groups is 1. The highest BCUT2D eigenvalue weighted by atomic mass is 16.7. The topological polar surface area (TPSA) is 62.2 Å². The molecule has 2 heterocycles. The lowest BCUT2D eigenvalue weighted by molar-refractivity contribution is 0.0822. The molecule has 0 amide bonds. The van der Waals surface area contributed by atoms with Gasteiger partial charge in [0.15, 0.2) is 17.3 Å². The highest BCUT2D eigenvalue weighted by molar-refractivity contribution is 5.98. The second-order valence-electron chi connectivity index (χ2n) is 5.33. The maximum Gasteiger partial charge on any atom is 0.231 e. The van der Waals surface area contributed by atoms with Gasteiger partial charge in [-0.05, 0) is 18.2 Å². The quantitative estimate of drug-likeness (QED) is 0.783. The molecule has 0 spiro atoms. The van der Waals surface area contributed by atoms with Crippen LogP contribution >= 0.6 is 0 Å². The predicted molar refractivity (Wildman–Crippen MR) is 76.9 cm³/mol. The third kappa shape index (κ3) is 3.34. The molecule has 1 saturated heterocycles. The minimum absolute atomic E-state index is 0.101. The van der Waals surface area contributed by atoms with E-state index in [9.17, 15) is 4.79 Å². The highest BCUT2D eigenvalue weighted by Crippen LogP contribution is 2.32. The van der Waals surface area contributed by atoms with E-state index in [0.29, 0.717) is 30.2 Å². The summed E-state index contributed by atoms with van der Waals surface area (Å²) < 4.78 is 10.5. The Bertz CT molecular complexity index is 512. The van der Waals surface area contributed by atoms with Gasteiger partial charge in [0.25, 0.3) is 0 Å². The number of ether oxygens (including phenoxy) is 2. The molecule has 2 aliphatic heterocycles. The fourth-order valence-corrected chi connectivity index (χ4v) is 2.68. The van der Waals surface area contributed by atoms with Crippen molar-refractivity contribution in [1.82, 2.24) is 9.80 Å². The molecule has 6 heteroatoms. The molecule has 1 aromatic carbocycles. The zero-order chi connectivity index (χ0) is 14.7. The molecular formula is C15H20N2O4. The van der Waals surface area contributed by atoms with Crippen molar-refractivity contribution in [2.24, 2.45) is 0 Å². The monoisotopic (exact) mass is 292 g/mol. The van der Waals surface area contributed by atoms with Crippen LogP contribution in [0.1, 0.15) is 10.4 Å². The SMILES string of the molecule is O=C(CN1CCN(CCO)CC1)c1ccc2c(c1)OCO2. The Morgan fingerprint density at radius 2 is 1.81 bits per heavy atom. The molecule has 1 aromatic rings. The molecule has 6 nitrogen and oxygen atoms in total. The van der Waals surface area contributed by atoms with Crippen molar-refractivity contribution in [3.05, 3.63) is 23.8 Å². The smallest absolute Gasteiger partial charge is 0.231 e. The molecule has 0 aliphatic carbocycles. The average molecular weight is 292 g/mol. The molecule has 0 saturated carbocycles. The van der Waals surface area contributed by atoms with Crippen molar-refractivity contribution in [2.45, 2.75) is 0 Å². The van der Waals surface area contributed by atoms with Gasteiger partial charge in [-0.1, -0.05) is 0 Å². The summed E-state index contributed by atoms with van der Waals surface area (Å²) in [5.74, 6) is 1.45. The van der Waals surface area contributed by atoms with E-state index in [2.05, 4.69) is 9.80 Å². The number of β-amino-alcohol motifs (C(OH)–C–C–N with tert-alkyl or cyclic N) is 1. The van der Waals surface area contributed by atoms with Gasteiger partial charge in [0, 0.05) is 38.3 Å². The number of fused-ring (bicyclic) bond motifs is 1. The number of carbonyl (C=O) groups excluding carboxylic acids is 1. The Hall–Kier alpha value is -1.63. The number of Topliss-reactive ketones (excluding diaryl/α,β-unsaturated/α-hetero) is 1. The number of hydrogen-bond donors (Lipinski definition) is 1. The lowest BCUT2D eigenvalue weighted by Crippen LogP contribution is -2.48. The molecule has 0 atom stereocenters. The minimum atomic E-state index is 0.101. The Labute approximate surface area is 123 Å². The van der Waals surface area contributed by atoms with Gasteiger partial charge in [-0.25, -0.2) is 0 Å². The largest absolute Gasteiger partial charge is 0.454 e. The van der Waals surface area contributed by atoms with E-state index < -0.39 is 0 Å². The Balaban J connectivity index is 1.55. The van der Waals surface area contributed by atoms with Crippen molar-refractivity contribution in [2.75, 3.05) is 52.7 Å². The van der Waals surface area contributed by atoms with Gasteiger partial charge < -0.3 is 14.6 Å². The molecule has 1 fully saturated rings. The van der Waals surface area contributed by atoms with E-state index in [0.717, 1.165) is 26.2 Å². The Kier molecular flexibility index (Phi) is 4.38. The van der Waals surface area contributed by atoms with Gasteiger partial charge in [-0.15, -0.1) is 0 Å². The third-order valence-electron chi connectivity index (χ3n) is 3.94. The van der Waals surface area contributed by atoms with E-state index in [1.54, 1.807) is 18.2 Å². The summed E-state index contributed by atoms with van der Waals surface area (Å²) >= 11 is 0. The first-order chi connectivity index (χ1) is 10.3. The van der Waals surface area contributed by atoms with Gasteiger partial charge in [0.2, 0.25) is 6.79 Å². The molecule has 0 aromatic heterocycles. The zero-order valence-corrected chi connectivity index (χ0v) is 12.0. The molecule has 114 valence electrons. The zero-order valence-electron chi connectivity index (χ0n) is 12.0. The summed E-state index contributed by atoms with van der Waals surface area (Å²) in [6.45, 7) is 5.06. The number of aliphatic hydroxyl groups is 1. The Morgan fingerprint density at radius 1 is 1.10 bits per heavy atom. The van der Waals surface area contributed by atoms with Crippen molar-refractivity contribution in [1.29, 1.82) is 0 Å². The molecule has 0 unspecified atom stereocenters. The van der Waals surface area contributed by atoms with Gasteiger partial charge in [0.1, 0.15) is 0 Å². The van der Waals surface area contributed by atoms with Crippen LogP contribution in [-0.4, -0.2) is 73.4 Å². The fraction of sp³-hybridized carbons (Fsp3) is 0.533. The van der Waals surface area contributed by atoms with E-state index in [-0.39, 0.29) is 19.2 Å². The standard InChI is InChI=1S/C15H20N2O4/c18-8-7-16-3-5-17(6-4-16)10-13(19)12-1-2-14-15(9-12)21-11-20-14/h1-2,9,18H,3-8,10-11H2.